The van der Waals surface area contributed by atoms with Crippen molar-refractivity contribution in [3.8, 4) is 0 Å². The number of carbonyl (C=O) groups excluding carboxylic acids is 1. The molecule has 0 radical (unpaired) electrons. The summed E-state index contributed by atoms with van der Waals surface area (Å²) >= 11 is 0. The Morgan fingerprint density at radius 3 is 2.52 bits per heavy atom. The first-order valence-corrected chi connectivity index (χ1v) is 8.37. The molecule has 1 saturated carbocycles. The number of fused-ring (bicyclic) bond motifs is 1. The lowest BCUT2D eigenvalue weighted by molar-refractivity contribution is -0.161. The second kappa shape index (κ2) is 6.35. The number of likely N-dealkylation sites (tertiary alicyclic amines) is 1. The topological polar surface area (TPSA) is 57.6 Å². The van der Waals surface area contributed by atoms with Crippen LogP contribution in [0.25, 0.3) is 0 Å². The molecule has 1 unspecified atom stereocenters. The van der Waals surface area contributed by atoms with Gasteiger partial charge in [0.05, 0.1) is 11.3 Å². The second-order valence-corrected chi connectivity index (χ2v) is 7.03. The van der Waals surface area contributed by atoms with Crippen LogP contribution in [0.3, 0.4) is 0 Å². The first kappa shape index (κ1) is 17.8. The average Bonchev–Trinajstić information content (AvgIpc) is 3.10. The Bertz CT molecular complexity index is 661. The normalized spacial score (nSPS) is 27.2. The summed E-state index contributed by atoms with van der Waals surface area (Å²) in [6.45, 7) is 0.260. The summed E-state index contributed by atoms with van der Waals surface area (Å²) < 4.78 is 40.3. The number of hydrogen-bond acceptors (Lipinski definition) is 2. The largest absolute Gasteiger partial charge is 0.481 e. The Morgan fingerprint density at radius 1 is 1.28 bits per heavy atom. The minimum Gasteiger partial charge on any atom is -0.481 e. The predicted octanol–water partition coefficient (Wildman–Crippen LogP) is 3.44. The average molecular weight is 355 g/mol. The van der Waals surface area contributed by atoms with Gasteiger partial charge < -0.3 is 10.0 Å². The summed E-state index contributed by atoms with van der Waals surface area (Å²) in [6, 6.07) is 7.37. The molecular weight excluding hydrogens is 335 g/mol. The molecule has 1 aliphatic heterocycles. The van der Waals surface area contributed by atoms with Crippen LogP contribution < -0.4 is 0 Å². The van der Waals surface area contributed by atoms with Crippen LogP contribution in [0.5, 0.6) is 0 Å². The lowest BCUT2D eigenvalue weighted by Crippen LogP contribution is -2.38. The molecule has 1 N–H and O–H groups in total. The SMILES string of the molecule is O=C(CC(c1ccccc1)C(F)(F)F)N1C[C@@H]2CCC[C@@]2(C(=O)O)C1. The van der Waals surface area contributed by atoms with Gasteiger partial charge in [-0.25, -0.2) is 0 Å². The zero-order chi connectivity index (χ0) is 18.2. The fourth-order valence-electron chi connectivity index (χ4n) is 4.24. The van der Waals surface area contributed by atoms with Gasteiger partial charge in [-0.15, -0.1) is 0 Å². The summed E-state index contributed by atoms with van der Waals surface area (Å²) in [5, 5.41) is 9.54. The van der Waals surface area contributed by atoms with Crippen molar-refractivity contribution in [2.75, 3.05) is 13.1 Å². The van der Waals surface area contributed by atoms with E-state index in [0.29, 0.717) is 12.8 Å². The van der Waals surface area contributed by atoms with Crippen LogP contribution in [-0.2, 0) is 9.59 Å². The maximum Gasteiger partial charge on any atom is 0.396 e. The molecule has 0 spiro atoms. The van der Waals surface area contributed by atoms with E-state index in [1.54, 1.807) is 6.07 Å². The third-order valence-electron chi connectivity index (χ3n) is 5.63. The molecule has 1 aliphatic carbocycles. The number of rotatable bonds is 4. The second-order valence-electron chi connectivity index (χ2n) is 7.03. The van der Waals surface area contributed by atoms with E-state index in [1.165, 1.54) is 29.2 Å². The van der Waals surface area contributed by atoms with Crippen molar-refractivity contribution >= 4 is 11.9 Å². The Morgan fingerprint density at radius 2 is 1.96 bits per heavy atom. The molecule has 1 aromatic rings. The van der Waals surface area contributed by atoms with Gasteiger partial charge >= 0.3 is 12.1 Å². The molecule has 0 aromatic heterocycles. The number of benzene rings is 1. The maximum absolute atomic E-state index is 13.4. The summed E-state index contributed by atoms with van der Waals surface area (Å²) in [6.07, 6.45) is -3.24. The number of aliphatic carboxylic acids is 1. The molecule has 25 heavy (non-hydrogen) atoms. The van der Waals surface area contributed by atoms with E-state index in [-0.39, 0.29) is 24.6 Å². The molecule has 1 amide bonds. The Hall–Kier alpha value is -2.05. The summed E-state index contributed by atoms with van der Waals surface area (Å²) in [4.78, 5) is 25.5. The van der Waals surface area contributed by atoms with Crippen molar-refractivity contribution in [2.24, 2.45) is 11.3 Å². The van der Waals surface area contributed by atoms with Gasteiger partial charge in [-0.1, -0.05) is 36.8 Å². The molecule has 3 atom stereocenters. The van der Waals surface area contributed by atoms with Crippen molar-refractivity contribution in [2.45, 2.75) is 37.8 Å². The minimum atomic E-state index is -4.53. The number of nitrogens with zero attached hydrogens (tertiary/aromatic N) is 1. The summed E-state index contributed by atoms with van der Waals surface area (Å²) in [7, 11) is 0. The van der Waals surface area contributed by atoms with Gasteiger partial charge in [0.15, 0.2) is 0 Å². The monoisotopic (exact) mass is 355 g/mol. The van der Waals surface area contributed by atoms with Crippen LogP contribution in [-0.4, -0.2) is 41.1 Å². The molecule has 136 valence electrons. The molecule has 2 aliphatic rings. The number of carboxylic acid groups (broad SMARTS) is 1. The quantitative estimate of drug-likeness (QED) is 0.900. The Kier molecular flexibility index (Phi) is 4.51. The van der Waals surface area contributed by atoms with Crippen molar-refractivity contribution in [3.05, 3.63) is 35.9 Å². The number of carbonyl (C=O) groups is 2. The van der Waals surface area contributed by atoms with Crippen LogP contribution in [0.1, 0.15) is 37.2 Å². The fraction of sp³-hybridized carbons (Fsp3) is 0.556. The van der Waals surface area contributed by atoms with Crippen LogP contribution in [0, 0.1) is 11.3 Å². The van der Waals surface area contributed by atoms with Gasteiger partial charge in [0.2, 0.25) is 5.91 Å². The van der Waals surface area contributed by atoms with Crippen molar-refractivity contribution < 1.29 is 27.9 Å². The highest BCUT2D eigenvalue weighted by Crippen LogP contribution is 2.49. The standard InChI is InChI=1S/C18H20F3NO3/c19-18(20,21)14(12-5-2-1-3-6-12)9-15(23)22-10-13-7-4-8-17(13,11-22)16(24)25/h1-3,5-6,13-14H,4,7-11H2,(H,24,25)/t13-,14?,17+/m0/s1. The zero-order valence-corrected chi connectivity index (χ0v) is 13.6. The van der Waals surface area contributed by atoms with E-state index in [1.807, 2.05) is 0 Å². The van der Waals surface area contributed by atoms with Gasteiger partial charge in [0.25, 0.3) is 0 Å². The van der Waals surface area contributed by atoms with Crippen LogP contribution in [0.4, 0.5) is 13.2 Å². The Labute approximate surface area is 143 Å². The van der Waals surface area contributed by atoms with E-state index in [4.69, 9.17) is 0 Å². The van der Waals surface area contributed by atoms with Crippen LogP contribution >= 0.6 is 0 Å². The van der Waals surface area contributed by atoms with E-state index in [9.17, 15) is 27.9 Å². The maximum atomic E-state index is 13.4. The number of carboxylic acids is 1. The minimum absolute atomic E-state index is 0.0190. The third-order valence-corrected chi connectivity index (χ3v) is 5.63. The lowest BCUT2D eigenvalue weighted by Gasteiger charge is -2.25. The predicted molar refractivity (Wildman–Crippen MR) is 83.8 cm³/mol. The summed E-state index contributed by atoms with van der Waals surface area (Å²) in [5.74, 6) is -3.60. The van der Waals surface area contributed by atoms with Gasteiger partial charge in [-0.05, 0) is 24.3 Å². The number of hydrogen-bond donors (Lipinski definition) is 1. The smallest absolute Gasteiger partial charge is 0.396 e. The highest BCUT2D eigenvalue weighted by atomic mass is 19.4. The fourth-order valence-corrected chi connectivity index (χ4v) is 4.24. The molecule has 2 fully saturated rings. The molecule has 1 aromatic carbocycles. The van der Waals surface area contributed by atoms with E-state index < -0.39 is 35.8 Å². The summed E-state index contributed by atoms with van der Waals surface area (Å²) in [5.41, 5.74) is -0.924. The third kappa shape index (κ3) is 3.24. The Balaban J connectivity index is 1.76. The van der Waals surface area contributed by atoms with Crippen molar-refractivity contribution in [3.63, 3.8) is 0 Å². The van der Waals surface area contributed by atoms with E-state index in [2.05, 4.69) is 0 Å². The number of amides is 1. The molecule has 1 heterocycles. The molecule has 3 rings (SSSR count). The highest BCUT2D eigenvalue weighted by molar-refractivity contribution is 5.82. The molecular formula is C18H20F3NO3. The van der Waals surface area contributed by atoms with Gasteiger partial charge in [-0.3, -0.25) is 9.59 Å². The van der Waals surface area contributed by atoms with E-state index >= 15 is 0 Å². The number of alkyl halides is 3. The molecule has 7 heteroatoms. The molecule has 4 nitrogen and oxygen atoms in total. The van der Waals surface area contributed by atoms with Gasteiger partial charge in [0, 0.05) is 19.5 Å². The van der Waals surface area contributed by atoms with E-state index in [0.717, 1.165) is 6.42 Å². The van der Waals surface area contributed by atoms with Crippen LogP contribution in [0.2, 0.25) is 0 Å². The lowest BCUT2D eigenvalue weighted by atomic mass is 9.81. The van der Waals surface area contributed by atoms with Crippen molar-refractivity contribution in [1.82, 2.24) is 4.90 Å². The molecule has 1 saturated heterocycles. The first-order valence-electron chi connectivity index (χ1n) is 8.37. The van der Waals surface area contributed by atoms with Gasteiger partial charge in [0.1, 0.15) is 0 Å². The number of halogens is 3. The highest BCUT2D eigenvalue weighted by Gasteiger charge is 2.56. The van der Waals surface area contributed by atoms with Crippen LogP contribution in [0.15, 0.2) is 30.3 Å². The van der Waals surface area contributed by atoms with Crippen molar-refractivity contribution in [1.29, 1.82) is 0 Å². The van der Waals surface area contributed by atoms with Gasteiger partial charge in [-0.2, -0.15) is 13.2 Å². The first-order chi connectivity index (χ1) is 11.7. The zero-order valence-electron chi connectivity index (χ0n) is 13.6. The molecule has 0 bridgehead atoms.